The van der Waals surface area contributed by atoms with Crippen LogP contribution >= 0.6 is 7.94 Å². The molecule has 0 spiro atoms. The zero-order valence-corrected chi connectivity index (χ0v) is 9.38. The van der Waals surface area contributed by atoms with Crippen molar-refractivity contribution in [2.24, 2.45) is 17.2 Å². The largest absolute Gasteiger partial charge is 0.426 e. The number of anilines is 1. The molecule has 0 aliphatic rings. The lowest BCUT2D eigenvalue weighted by atomic mass is 10.2. The molecule has 7 nitrogen and oxygen atoms in total. The summed E-state index contributed by atoms with van der Waals surface area (Å²) >= 11 is 0. The minimum atomic E-state index is -4.06. The Labute approximate surface area is 93.5 Å². The normalized spacial score (nSPS) is 13.9. The van der Waals surface area contributed by atoms with Crippen molar-refractivity contribution in [2.75, 3.05) is 5.32 Å². The number of benzene rings is 1. The van der Waals surface area contributed by atoms with Crippen LogP contribution in [-0.4, -0.2) is 21.0 Å². The number of hydrogen-bond donors (Lipinski definition) is 7. The highest BCUT2D eigenvalue weighted by atomic mass is 31.2. The molecule has 0 bridgehead atoms. The molecular weight excluding hydrogens is 231 g/mol. The molecule has 0 fully saturated rings. The summed E-state index contributed by atoms with van der Waals surface area (Å²) in [6, 6.07) is 6.34. The van der Waals surface area contributed by atoms with Crippen LogP contribution in [0, 0.1) is 0 Å². The Kier molecular flexibility index (Phi) is 4.17. The van der Waals surface area contributed by atoms with Crippen molar-refractivity contribution in [1.29, 1.82) is 0 Å². The third-order valence-corrected chi connectivity index (χ3v) is 3.00. The van der Waals surface area contributed by atoms with E-state index in [0.717, 1.165) is 0 Å². The molecule has 90 valence electrons. The van der Waals surface area contributed by atoms with Gasteiger partial charge in [-0.15, -0.1) is 0 Å². The summed E-state index contributed by atoms with van der Waals surface area (Å²) in [4.78, 5) is 27.0. The summed E-state index contributed by atoms with van der Waals surface area (Å²) < 4.78 is 0. The molecule has 16 heavy (non-hydrogen) atoms. The van der Waals surface area contributed by atoms with E-state index < -0.39 is 20.0 Å². The summed E-state index contributed by atoms with van der Waals surface area (Å²) in [5.74, 6) is -1.20. The first-order valence-electron chi connectivity index (χ1n) is 4.51. The lowest BCUT2D eigenvalue weighted by Gasteiger charge is -2.14. The van der Waals surface area contributed by atoms with E-state index in [1.54, 1.807) is 24.3 Å². The first-order valence-corrected chi connectivity index (χ1v) is 6.22. The molecule has 0 aliphatic heterocycles. The predicted molar refractivity (Wildman–Crippen MR) is 62.7 cm³/mol. The van der Waals surface area contributed by atoms with Crippen LogP contribution < -0.4 is 22.5 Å². The Morgan fingerprint density at radius 2 is 1.50 bits per heavy atom. The Bertz CT molecular complexity index is 338. The quantitative estimate of drug-likeness (QED) is 0.266. The van der Waals surface area contributed by atoms with Crippen LogP contribution in [0.3, 0.4) is 0 Å². The monoisotopic (exact) mass is 247 g/mol. The van der Waals surface area contributed by atoms with Crippen molar-refractivity contribution >= 4 is 13.6 Å². The second-order valence-electron chi connectivity index (χ2n) is 3.35. The lowest BCUT2D eigenvalue weighted by Crippen LogP contribution is -2.38. The molecular formula is C8H16N4O3P+. The van der Waals surface area contributed by atoms with Gasteiger partial charge in [-0.2, -0.15) is 14.7 Å². The van der Waals surface area contributed by atoms with Crippen LogP contribution in [0.1, 0.15) is 11.3 Å². The molecule has 0 saturated carbocycles. The number of nitrogens with two attached hydrogens (primary N) is 3. The van der Waals surface area contributed by atoms with Gasteiger partial charge in [0.2, 0.25) is 5.78 Å². The van der Waals surface area contributed by atoms with Gasteiger partial charge in [-0.25, -0.2) is 0 Å². The van der Waals surface area contributed by atoms with E-state index in [9.17, 15) is 0 Å². The maximum Gasteiger partial charge on any atom is 0.426 e. The lowest BCUT2D eigenvalue weighted by molar-refractivity contribution is 0.316. The van der Waals surface area contributed by atoms with Crippen molar-refractivity contribution < 1.29 is 14.7 Å². The standard InChI is InChI=1S/C8H16N4O3P/c9-7(16(13,14)15)5-1-3-6(4-2-5)12-8(10)11/h1-4,7-8,12-15H,9-11H2/q+1/t7-/m1/s1. The Balaban J connectivity index is 2.79. The van der Waals surface area contributed by atoms with Gasteiger partial charge in [0, 0.05) is 11.3 Å². The fourth-order valence-electron chi connectivity index (χ4n) is 1.17. The molecule has 8 heteroatoms. The molecule has 0 heterocycles. The molecule has 1 atom stereocenters. The van der Waals surface area contributed by atoms with Crippen molar-refractivity contribution in [3.05, 3.63) is 29.8 Å². The SMILES string of the molecule is NC(N)Nc1ccc([C@H](N)[P+](O)(O)O)cc1. The zero-order chi connectivity index (χ0) is 12.3. The Morgan fingerprint density at radius 1 is 1.00 bits per heavy atom. The van der Waals surface area contributed by atoms with Crippen LogP contribution in [0.2, 0.25) is 0 Å². The Morgan fingerprint density at radius 3 is 1.88 bits per heavy atom. The minimum Gasteiger partial charge on any atom is -0.358 e. The van der Waals surface area contributed by atoms with Crippen molar-refractivity contribution in [3.8, 4) is 0 Å². The number of nitrogens with one attached hydrogen (secondary N) is 1. The maximum atomic E-state index is 9.00. The van der Waals surface area contributed by atoms with E-state index >= 15 is 0 Å². The van der Waals surface area contributed by atoms with Crippen LogP contribution in [0.15, 0.2) is 24.3 Å². The molecule has 0 saturated heterocycles. The van der Waals surface area contributed by atoms with Gasteiger partial charge in [0.1, 0.15) is 6.29 Å². The van der Waals surface area contributed by atoms with Crippen LogP contribution in [0.25, 0.3) is 0 Å². The molecule has 0 aliphatic carbocycles. The summed E-state index contributed by atoms with van der Waals surface area (Å²) in [6.07, 6.45) is -0.681. The second kappa shape index (κ2) is 5.03. The predicted octanol–water partition coefficient (Wildman–Crippen LogP) is -1.00. The van der Waals surface area contributed by atoms with Gasteiger partial charge >= 0.3 is 7.94 Å². The molecule has 1 aromatic carbocycles. The van der Waals surface area contributed by atoms with Gasteiger partial charge in [-0.3, -0.25) is 17.2 Å². The highest BCUT2D eigenvalue weighted by molar-refractivity contribution is 7.58. The summed E-state index contributed by atoms with van der Waals surface area (Å²) in [5.41, 5.74) is 17.2. The zero-order valence-electron chi connectivity index (χ0n) is 8.49. The van der Waals surface area contributed by atoms with Gasteiger partial charge < -0.3 is 5.32 Å². The molecule has 0 radical (unpaired) electrons. The van der Waals surface area contributed by atoms with Crippen molar-refractivity contribution in [2.45, 2.75) is 12.1 Å². The van der Waals surface area contributed by atoms with E-state index in [-0.39, 0.29) is 0 Å². The van der Waals surface area contributed by atoms with Crippen LogP contribution in [0.4, 0.5) is 5.69 Å². The van der Waals surface area contributed by atoms with E-state index in [0.29, 0.717) is 11.3 Å². The maximum absolute atomic E-state index is 9.00. The second-order valence-corrected chi connectivity index (χ2v) is 5.14. The third kappa shape index (κ3) is 3.66. The fraction of sp³-hybridized carbons (Fsp3) is 0.250. The molecule has 1 aromatic rings. The van der Waals surface area contributed by atoms with E-state index in [4.69, 9.17) is 31.9 Å². The van der Waals surface area contributed by atoms with Gasteiger partial charge in [-0.05, 0) is 12.1 Å². The third-order valence-electron chi connectivity index (χ3n) is 1.96. The minimum absolute atomic E-state index is 0.414. The van der Waals surface area contributed by atoms with Gasteiger partial charge in [-0.1, -0.05) is 12.1 Å². The van der Waals surface area contributed by atoms with Crippen LogP contribution in [0.5, 0.6) is 0 Å². The van der Waals surface area contributed by atoms with Gasteiger partial charge in [0.15, 0.2) is 0 Å². The first-order chi connectivity index (χ1) is 7.30. The highest BCUT2D eigenvalue weighted by Crippen LogP contribution is 2.56. The summed E-state index contributed by atoms with van der Waals surface area (Å²) in [5, 5.41) is 2.75. The van der Waals surface area contributed by atoms with Crippen molar-refractivity contribution in [1.82, 2.24) is 0 Å². The molecule has 0 amide bonds. The number of rotatable bonds is 4. The fourth-order valence-corrected chi connectivity index (χ4v) is 1.74. The van der Waals surface area contributed by atoms with Gasteiger partial charge in [0.05, 0.1) is 0 Å². The van der Waals surface area contributed by atoms with Crippen LogP contribution in [-0.2, 0) is 0 Å². The number of hydrogen-bond acceptors (Lipinski definition) is 7. The highest BCUT2D eigenvalue weighted by Gasteiger charge is 2.40. The summed E-state index contributed by atoms with van der Waals surface area (Å²) in [6.45, 7) is 0. The molecule has 0 unspecified atom stereocenters. The van der Waals surface area contributed by atoms with E-state index in [2.05, 4.69) is 5.32 Å². The topological polar surface area (TPSA) is 151 Å². The van der Waals surface area contributed by atoms with E-state index in [1.165, 1.54) is 0 Å². The summed E-state index contributed by atoms with van der Waals surface area (Å²) in [7, 11) is -4.06. The van der Waals surface area contributed by atoms with E-state index in [1.807, 2.05) is 0 Å². The molecule has 10 N–H and O–H groups in total. The average Bonchev–Trinajstić information content (AvgIpc) is 2.15. The van der Waals surface area contributed by atoms with Crippen molar-refractivity contribution in [3.63, 3.8) is 0 Å². The Hall–Kier alpha value is -0.790. The first kappa shape index (κ1) is 13.3. The smallest absolute Gasteiger partial charge is 0.358 e. The molecule has 1 rings (SSSR count). The van der Waals surface area contributed by atoms with Gasteiger partial charge in [0.25, 0.3) is 0 Å². The molecule has 0 aromatic heterocycles. The average molecular weight is 247 g/mol.